The van der Waals surface area contributed by atoms with Crippen molar-refractivity contribution in [2.24, 2.45) is 0 Å². The molecule has 4 rings (SSSR count). The standard InChI is InChI=1S/C24H21ClN2O3S/c1-15-12-18(16(2)27(15)20-8-10-21(30-3)11-9-20)13-22-23(28)26(24(29)31-22)14-17-4-6-19(25)7-5-17/h4-13H,14H2,1-3H3/b22-13-. The number of imide groups is 1. The summed E-state index contributed by atoms with van der Waals surface area (Å²) in [5.74, 6) is 0.514. The number of carbonyl (C=O) groups excluding carboxylic acids is 2. The molecule has 0 aliphatic carbocycles. The van der Waals surface area contributed by atoms with Crippen molar-refractivity contribution in [1.82, 2.24) is 9.47 Å². The van der Waals surface area contributed by atoms with Gasteiger partial charge in [0.2, 0.25) is 0 Å². The zero-order valence-electron chi connectivity index (χ0n) is 17.4. The molecule has 0 saturated carbocycles. The van der Waals surface area contributed by atoms with E-state index in [0.29, 0.717) is 9.93 Å². The Hall–Kier alpha value is -2.96. The molecule has 2 amide bonds. The first kappa shape index (κ1) is 21.3. The number of ether oxygens (including phenoxy) is 1. The molecular formula is C24H21ClN2O3S. The molecule has 31 heavy (non-hydrogen) atoms. The Kier molecular flexibility index (Phi) is 5.94. The lowest BCUT2D eigenvalue weighted by molar-refractivity contribution is -0.123. The van der Waals surface area contributed by atoms with Gasteiger partial charge in [-0.15, -0.1) is 0 Å². The lowest BCUT2D eigenvalue weighted by Crippen LogP contribution is -2.27. The molecule has 1 aliphatic rings. The third-order valence-corrected chi connectivity index (χ3v) is 6.37. The molecule has 0 bridgehead atoms. The first-order valence-electron chi connectivity index (χ1n) is 9.70. The number of rotatable bonds is 5. The Balaban J connectivity index is 1.60. The summed E-state index contributed by atoms with van der Waals surface area (Å²) in [6.45, 7) is 4.24. The highest BCUT2D eigenvalue weighted by molar-refractivity contribution is 8.18. The molecule has 5 nitrogen and oxygen atoms in total. The molecule has 2 heterocycles. The Morgan fingerprint density at radius 1 is 1.03 bits per heavy atom. The van der Waals surface area contributed by atoms with Crippen LogP contribution in [0.15, 0.2) is 59.5 Å². The smallest absolute Gasteiger partial charge is 0.293 e. The molecule has 1 aliphatic heterocycles. The van der Waals surface area contributed by atoms with Gasteiger partial charge >= 0.3 is 0 Å². The number of halogens is 1. The summed E-state index contributed by atoms with van der Waals surface area (Å²) in [5.41, 5.74) is 4.80. The van der Waals surface area contributed by atoms with E-state index in [0.717, 1.165) is 45.7 Å². The van der Waals surface area contributed by atoms with Crippen molar-refractivity contribution >= 4 is 40.6 Å². The molecule has 3 aromatic rings. The predicted molar refractivity (Wildman–Crippen MR) is 125 cm³/mol. The van der Waals surface area contributed by atoms with Crippen LogP contribution in [0.4, 0.5) is 4.79 Å². The van der Waals surface area contributed by atoms with Crippen molar-refractivity contribution in [3.63, 3.8) is 0 Å². The highest BCUT2D eigenvalue weighted by atomic mass is 35.5. The molecule has 0 unspecified atom stereocenters. The second kappa shape index (κ2) is 8.65. The van der Waals surface area contributed by atoms with E-state index in [1.807, 2.05) is 56.3 Å². The molecular weight excluding hydrogens is 432 g/mol. The van der Waals surface area contributed by atoms with Gasteiger partial charge in [-0.05, 0) is 85.3 Å². The minimum atomic E-state index is -0.279. The Labute approximate surface area is 190 Å². The van der Waals surface area contributed by atoms with Gasteiger partial charge in [-0.1, -0.05) is 23.7 Å². The van der Waals surface area contributed by atoms with Gasteiger partial charge in [0.1, 0.15) is 5.75 Å². The molecule has 1 saturated heterocycles. The first-order valence-corrected chi connectivity index (χ1v) is 10.9. The number of amides is 2. The van der Waals surface area contributed by atoms with Crippen LogP contribution in [-0.4, -0.2) is 27.7 Å². The van der Waals surface area contributed by atoms with Gasteiger partial charge in [0, 0.05) is 22.1 Å². The Bertz CT molecular complexity index is 1180. The summed E-state index contributed by atoms with van der Waals surface area (Å²) in [6, 6.07) is 17.0. The van der Waals surface area contributed by atoms with E-state index in [1.54, 1.807) is 25.3 Å². The second-order valence-corrected chi connectivity index (χ2v) is 8.68. The van der Waals surface area contributed by atoms with Crippen molar-refractivity contribution in [3.8, 4) is 11.4 Å². The van der Waals surface area contributed by atoms with Gasteiger partial charge in [0.25, 0.3) is 11.1 Å². The highest BCUT2D eigenvalue weighted by Crippen LogP contribution is 2.35. The van der Waals surface area contributed by atoms with Gasteiger partial charge in [0.15, 0.2) is 0 Å². The van der Waals surface area contributed by atoms with Crippen LogP contribution in [0.25, 0.3) is 11.8 Å². The lowest BCUT2D eigenvalue weighted by Gasteiger charge is -2.12. The molecule has 158 valence electrons. The van der Waals surface area contributed by atoms with Crippen LogP contribution in [0.3, 0.4) is 0 Å². The number of aryl methyl sites for hydroxylation is 1. The van der Waals surface area contributed by atoms with Crippen molar-refractivity contribution < 1.29 is 14.3 Å². The largest absolute Gasteiger partial charge is 0.497 e. The highest BCUT2D eigenvalue weighted by Gasteiger charge is 2.35. The second-order valence-electron chi connectivity index (χ2n) is 7.25. The van der Waals surface area contributed by atoms with E-state index in [1.165, 1.54) is 4.90 Å². The summed E-state index contributed by atoms with van der Waals surface area (Å²) < 4.78 is 7.35. The summed E-state index contributed by atoms with van der Waals surface area (Å²) in [6.07, 6.45) is 1.80. The Morgan fingerprint density at radius 3 is 2.35 bits per heavy atom. The number of nitrogens with zero attached hydrogens (tertiary/aromatic N) is 2. The number of hydrogen-bond acceptors (Lipinski definition) is 4. The minimum Gasteiger partial charge on any atom is -0.497 e. The number of aromatic nitrogens is 1. The van der Waals surface area contributed by atoms with Crippen LogP contribution in [0, 0.1) is 13.8 Å². The molecule has 1 fully saturated rings. The number of methoxy groups -OCH3 is 1. The maximum atomic E-state index is 12.9. The number of thioether (sulfide) groups is 1. The normalized spacial score (nSPS) is 15.2. The van der Waals surface area contributed by atoms with Crippen LogP contribution in [0.1, 0.15) is 22.5 Å². The third-order valence-electron chi connectivity index (χ3n) is 5.22. The quantitative estimate of drug-likeness (QED) is 0.446. The van der Waals surface area contributed by atoms with E-state index in [2.05, 4.69) is 4.57 Å². The van der Waals surface area contributed by atoms with Crippen molar-refractivity contribution in [3.05, 3.63) is 87.0 Å². The first-order chi connectivity index (χ1) is 14.9. The molecule has 7 heteroatoms. The number of carbonyl (C=O) groups is 2. The topological polar surface area (TPSA) is 51.5 Å². The fourth-order valence-corrected chi connectivity index (χ4v) is 4.57. The van der Waals surface area contributed by atoms with Crippen LogP contribution < -0.4 is 4.74 Å². The molecule has 0 radical (unpaired) electrons. The fourth-order valence-electron chi connectivity index (χ4n) is 3.61. The van der Waals surface area contributed by atoms with E-state index in [4.69, 9.17) is 16.3 Å². The van der Waals surface area contributed by atoms with Crippen LogP contribution >= 0.6 is 23.4 Å². The van der Waals surface area contributed by atoms with Crippen molar-refractivity contribution in [1.29, 1.82) is 0 Å². The summed E-state index contributed by atoms with van der Waals surface area (Å²) >= 11 is 6.89. The van der Waals surface area contributed by atoms with Gasteiger partial charge < -0.3 is 9.30 Å². The minimum absolute atomic E-state index is 0.226. The number of hydrogen-bond donors (Lipinski definition) is 0. The maximum absolute atomic E-state index is 12.9. The van der Waals surface area contributed by atoms with Crippen LogP contribution in [0.2, 0.25) is 5.02 Å². The van der Waals surface area contributed by atoms with E-state index in [-0.39, 0.29) is 17.7 Å². The van der Waals surface area contributed by atoms with Gasteiger partial charge in [0.05, 0.1) is 18.6 Å². The molecule has 0 spiro atoms. The summed E-state index contributed by atoms with van der Waals surface area (Å²) in [5, 5.41) is 0.347. The zero-order valence-corrected chi connectivity index (χ0v) is 19.0. The van der Waals surface area contributed by atoms with E-state index < -0.39 is 0 Å². The molecule has 1 aromatic heterocycles. The third kappa shape index (κ3) is 4.27. The molecule has 0 N–H and O–H groups in total. The summed E-state index contributed by atoms with van der Waals surface area (Å²) in [4.78, 5) is 27.1. The van der Waals surface area contributed by atoms with Crippen molar-refractivity contribution in [2.45, 2.75) is 20.4 Å². The fraction of sp³-hybridized carbons (Fsp3) is 0.167. The summed E-state index contributed by atoms with van der Waals surface area (Å²) in [7, 11) is 1.64. The SMILES string of the molecule is COc1ccc(-n2c(C)cc(/C=C3\SC(=O)N(Cc4ccc(Cl)cc4)C3=O)c2C)cc1. The van der Waals surface area contributed by atoms with Crippen LogP contribution in [0.5, 0.6) is 5.75 Å². The van der Waals surface area contributed by atoms with E-state index in [9.17, 15) is 9.59 Å². The monoisotopic (exact) mass is 452 g/mol. The zero-order chi connectivity index (χ0) is 22.1. The molecule has 0 atom stereocenters. The number of benzene rings is 2. The van der Waals surface area contributed by atoms with Gasteiger partial charge in [-0.3, -0.25) is 14.5 Å². The van der Waals surface area contributed by atoms with Gasteiger partial charge in [-0.25, -0.2) is 0 Å². The van der Waals surface area contributed by atoms with Crippen molar-refractivity contribution in [2.75, 3.05) is 7.11 Å². The van der Waals surface area contributed by atoms with Crippen LogP contribution in [-0.2, 0) is 11.3 Å². The lowest BCUT2D eigenvalue weighted by atomic mass is 10.2. The molecule has 2 aromatic carbocycles. The maximum Gasteiger partial charge on any atom is 0.293 e. The average Bonchev–Trinajstić information content (AvgIpc) is 3.19. The Morgan fingerprint density at radius 2 is 1.71 bits per heavy atom. The average molecular weight is 453 g/mol. The predicted octanol–water partition coefficient (Wildman–Crippen LogP) is 5.99. The van der Waals surface area contributed by atoms with E-state index >= 15 is 0 Å². The van der Waals surface area contributed by atoms with Gasteiger partial charge in [-0.2, -0.15) is 0 Å².